The predicted octanol–water partition coefficient (Wildman–Crippen LogP) is 0.608. The Morgan fingerprint density at radius 1 is 1.42 bits per heavy atom. The maximum Gasteiger partial charge on any atom is 0.267 e. The van der Waals surface area contributed by atoms with Crippen molar-refractivity contribution < 1.29 is 14.3 Å². The van der Waals surface area contributed by atoms with Gasteiger partial charge in [-0.15, -0.1) is 0 Å². The summed E-state index contributed by atoms with van der Waals surface area (Å²) in [5, 5.41) is 7.05. The Morgan fingerprint density at radius 2 is 2.27 bits per heavy atom. The van der Waals surface area contributed by atoms with Crippen molar-refractivity contribution in [2.24, 2.45) is 0 Å². The number of aryl methyl sites for hydroxylation is 2. The summed E-state index contributed by atoms with van der Waals surface area (Å²) < 4.78 is 12.5. The van der Waals surface area contributed by atoms with Crippen molar-refractivity contribution >= 4 is 5.91 Å². The molecule has 8 heteroatoms. The highest BCUT2D eigenvalue weighted by molar-refractivity contribution is 5.76. The number of carbonyl (C=O) groups excluding carboxylic acids is 1. The number of hydrogen-bond donors (Lipinski definition) is 1. The topological polar surface area (TPSA) is 95.3 Å². The largest absolute Gasteiger partial charge is 0.472 e. The predicted molar refractivity (Wildman–Crippen MR) is 94.0 cm³/mol. The second kappa shape index (κ2) is 8.09. The van der Waals surface area contributed by atoms with E-state index in [-0.39, 0.29) is 30.2 Å². The zero-order valence-corrected chi connectivity index (χ0v) is 14.8. The van der Waals surface area contributed by atoms with Crippen LogP contribution in [0.25, 0.3) is 0 Å². The molecule has 0 bridgehead atoms. The third-order valence-corrected chi connectivity index (χ3v) is 4.28. The van der Waals surface area contributed by atoms with Crippen LogP contribution in [-0.4, -0.2) is 46.0 Å². The van der Waals surface area contributed by atoms with Crippen LogP contribution in [0.15, 0.2) is 35.3 Å². The van der Waals surface area contributed by atoms with Crippen molar-refractivity contribution in [3.63, 3.8) is 0 Å². The molecule has 1 aliphatic heterocycles. The van der Waals surface area contributed by atoms with Gasteiger partial charge in [0.05, 0.1) is 24.9 Å². The SMILES string of the molecule is Cc1cc(=O)n(CC(=O)N[C@@H]2COCC[C@H]2Oc2ccccn2)nc1C. The van der Waals surface area contributed by atoms with E-state index < -0.39 is 0 Å². The van der Waals surface area contributed by atoms with Gasteiger partial charge in [0, 0.05) is 24.8 Å². The Balaban J connectivity index is 1.65. The molecular weight excluding hydrogens is 336 g/mol. The van der Waals surface area contributed by atoms with E-state index in [1.54, 1.807) is 19.2 Å². The van der Waals surface area contributed by atoms with Crippen LogP contribution in [0.5, 0.6) is 5.88 Å². The van der Waals surface area contributed by atoms with Crippen LogP contribution in [0.3, 0.4) is 0 Å². The van der Waals surface area contributed by atoms with E-state index in [1.165, 1.54) is 6.07 Å². The number of carbonyl (C=O) groups is 1. The Morgan fingerprint density at radius 3 is 3.04 bits per heavy atom. The number of nitrogens with zero attached hydrogens (tertiary/aromatic N) is 3. The molecule has 1 fully saturated rings. The summed E-state index contributed by atoms with van der Waals surface area (Å²) in [5.74, 6) is 0.193. The summed E-state index contributed by atoms with van der Waals surface area (Å²) in [6.45, 7) is 4.37. The summed E-state index contributed by atoms with van der Waals surface area (Å²) >= 11 is 0. The summed E-state index contributed by atoms with van der Waals surface area (Å²) in [6.07, 6.45) is 2.05. The fraction of sp³-hybridized carbons (Fsp3) is 0.444. The fourth-order valence-electron chi connectivity index (χ4n) is 2.74. The molecule has 2 aromatic rings. The normalized spacial score (nSPS) is 19.8. The molecule has 1 saturated heterocycles. The second-order valence-corrected chi connectivity index (χ2v) is 6.27. The standard InChI is InChI=1S/C18H22N4O4/c1-12-9-18(24)22(21-13(12)2)10-16(23)20-14-11-25-8-6-15(14)26-17-5-3-4-7-19-17/h3-5,7,9,14-15H,6,8,10-11H2,1-2H3,(H,20,23)/t14-,15-/m1/s1. The van der Waals surface area contributed by atoms with Gasteiger partial charge in [-0.2, -0.15) is 5.10 Å². The van der Waals surface area contributed by atoms with E-state index in [9.17, 15) is 9.59 Å². The van der Waals surface area contributed by atoms with Crippen LogP contribution in [-0.2, 0) is 16.1 Å². The number of nitrogens with one attached hydrogen (secondary N) is 1. The van der Waals surface area contributed by atoms with Gasteiger partial charge in [-0.3, -0.25) is 9.59 Å². The number of aromatic nitrogens is 3. The van der Waals surface area contributed by atoms with Gasteiger partial charge in [-0.1, -0.05) is 6.07 Å². The molecule has 0 saturated carbocycles. The van der Waals surface area contributed by atoms with Crippen LogP contribution in [0.4, 0.5) is 0 Å². The molecule has 2 atom stereocenters. The summed E-state index contributed by atoms with van der Waals surface area (Å²) in [7, 11) is 0. The maximum absolute atomic E-state index is 12.4. The Kier molecular flexibility index (Phi) is 5.62. The zero-order valence-electron chi connectivity index (χ0n) is 14.8. The lowest BCUT2D eigenvalue weighted by Gasteiger charge is -2.32. The molecule has 0 aromatic carbocycles. The van der Waals surface area contributed by atoms with Gasteiger partial charge < -0.3 is 14.8 Å². The van der Waals surface area contributed by atoms with Gasteiger partial charge in [0.1, 0.15) is 12.6 Å². The molecule has 0 unspecified atom stereocenters. The van der Waals surface area contributed by atoms with E-state index >= 15 is 0 Å². The molecule has 1 N–H and O–H groups in total. The first-order valence-electron chi connectivity index (χ1n) is 8.53. The molecule has 1 aliphatic rings. The first kappa shape index (κ1) is 18.1. The van der Waals surface area contributed by atoms with Gasteiger partial charge >= 0.3 is 0 Å². The van der Waals surface area contributed by atoms with Gasteiger partial charge in [0.25, 0.3) is 5.56 Å². The molecule has 0 radical (unpaired) electrons. The fourth-order valence-corrected chi connectivity index (χ4v) is 2.74. The molecule has 26 heavy (non-hydrogen) atoms. The van der Waals surface area contributed by atoms with Gasteiger partial charge in [0.2, 0.25) is 11.8 Å². The van der Waals surface area contributed by atoms with E-state index in [2.05, 4.69) is 15.4 Å². The van der Waals surface area contributed by atoms with Crippen LogP contribution in [0, 0.1) is 13.8 Å². The highest BCUT2D eigenvalue weighted by Crippen LogP contribution is 2.15. The van der Waals surface area contributed by atoms with E-state index in [0.717, 1.165) is 15.9 Å². The highest BCUT2D eigenvalue weighted by atomic mass is 16.5. The lowest BCUT2D eigenvalue weighted by atomic mass is 10.1. The Hall–Kier alpha value is -2.74. The minimum Gasteiger partial charge on any atom is -0.472 e. The van der Waals surface area contributed by atoms with Crippen LogP contribution < -0.4 is 15.6 Å². The zero-order chi connectivity index (χ0) is 18.5. The Labute approximate surface area is 151 Å². The quantitative estimate of drug-likeness (QED) is 0.841. The second-order valence-electron chi connectivity index (χ2n) is 6.27. The molecule has 1 amide bonds. The molecule has 0 aliphatic carbocycles. The summed E-state index contributed by atoms with van der Waals surface area (Å²) in [6, 6.07) is 6.58. The van der Waals surface area contributed by atoms with Crippen molar-refractivity contribution in [2.75, 3.05) is 13.2 Å². The lowest BCUT2D eigenvalue weighted by molar-refractivity contribution is -0.125. The summed E-state index contributed by atoms with van der Waals surface area (Å²) in [5.41, 5.74) is 1.22. The van der Waals surface area contributed by atoms with E-state index in [1.807, 2.05) is 19.1 Å². The van der Waals surface area contributed by atoms with Crippen molar-refractivity contribution in [1.82, 2.24) is 20.1 Å². The first-order chi connectivity index (χ1) is 12.5. The minimum absolute atomic E-state index is 0.146. The van der Waals surface area contributed by atoms with E-state index in [4.69, 9.17) is 9.47 Å². The highest BCUT2D eigenvalue weighted by Gasteiger charge is 2.29. The average molecular weight is 358 g/mol. The van der Waals surface area contributed by atoms with Gasteiger partial charge in [-0.05, 0) is 25.5 Å². The number of rotatable bonds is 5. The van der Waals surface area contributed by atoms with Gasteiger partial charge in [-0.25, -0.2) is 9.67 Å². The van der Waals surface area contributed by atoms with Crippen molar-refractivity contribution in [1.29, 1.82) is 0 Å². The Bertz CT molecular complexity index is 822. The molecule has 138 valence electrons. The molecule has 0 spiro atoms. The minimum atomic E-state index is -0.319. The van der Waals surface area contributed by atoms with E-state index in [0.29, 0.717) is 25.5 Å². The number of amides is 1. The van der Waals surface area contributed by atoms with Crippen molar-refractivity contribution in [2.45, 2.75) is 39.0 Å². The monoisotopic (exact) mass is 358 g/mol. The van der Waals surface area contributed by atoms with Crippen molar-refractivity contribution in [3.8, 4) is 5.88 Å². The molecule has 2 aromatic heterocycles. The average Bonchev–Trinajstić information content (AvgIpc) is 2.62. The molecule has 8 nitrogen and oxygen atoms in total. The van der Waals surface area contributed by atoms with Gasteiger partial charge in [0.15, 0.2) is 0 Å². The summed E-state index contributed by atoms with van der Waals surface area (Å²) in [4.78, 5) is 28.5. The number of hydrogen-bond acceptors (Lipinski definition) is 6. The third kappa shape index (κ3) is 4.45. The smallest absolute Gasteiger partial charge is 0.267 e. The molecule has 3 rings (SSSR count). The van der Waals surface area contributed by atoms with Crippen LogP contribution in [0.2, 0.25) is 0 Å². The molecule has 3 heterocycles. The number of ether oxygens (including phenoxy) is 2. The lowest BCUT2D eigenvalue weighted by Crippen LogP contribution is -2.53. The molecular formula is C18H22N4O4. The maximum atomic E-state index is 12.4. The first-order valence-corrected chi connectivity index (χ1v) is 8.53. The van der Waals surface area contributed by atoms with Crippen LogP contribution >= 0.6 is 0 Å². The number of pyridine rings is 1. The van der Waals surface area contributed by atoms with Crippen molar-refractivity contribution in [3.05, 3.63) is 52.1 Å². The third-order valence-electron chi connectivity index (χ3n) is 4.28. The van der Waals surface area contributed by atoms with Crippen LogP contribution in [0.1, 0.15) is 17.7 Å².